The monoisotopic (exact) mass is 305 g/mol. The topological polar surface area (TPSA) is 129 Å². The van der Waals surface area contributed by atoms with E-state index in [1.54, 1.807) is 19.9 Å². The van der Waals surface area contributed by atoms with Gasteiger partial charge in [0.15, 0.2) is 5.76 Å². The van der Waals surface area contributed by atoms with Crippen LogP contribution in [0, 0.1) is 34.1 Å². The molecule has 0 aliphatic carbocycles. The van der Waals surface area contributed by atoms with Gasteiger partial charge in [0.05, 0.1) is 11.0 Å². The van der Waals surface area contributed by atoms with Gasteiger partial charge in [-0.2, -0.15) is 0 Å². The molecule has 0 saturated heterocycles. The van der Waals surface area contributed by atoms with E-state index in [9.17, 15) is 25.0 Å². The normalized spacial score (nSPS) is 10.3. The number of nitrogens with zero attached hydrogens (tertiary/aromatic N) is 2. The summed E-state index contributed by atoms with van der Waals surface area (Å²) in [6.45, 7) is 3.37. The number of aryl methyl sites for hydroxylation is 1. The van der Waals surface area contributed by atoms with Crippen molar-refractivity contribution in [1.29, 1.82) is 0 Å². The first-order valence-corrected chi connectivity index (χ1v) is 6.11. The minimum absolute atomic E-state index is 0.0362. The SMILES string of the molecule is Cc1ccc([N+](=O)[O-])c(NC(=O)c2ccc([N+](=O)[O-])o2)c1C. The first-order valence-electron chi connectivity index (χ1n) is 6.11. The third kappa shape index (κ3) is 2.77. The summed E-state index contributed by atoms with van der Waals surface area (Å²) < 4.78 is 4.77. The van der Waals surface area contributed by atoms with Crippen molar-refractivity contribution < 1.29 is 19.1 Å². The third-order valence-corrected chi connectivity index (χ3v) is 3.14. The van der Waals surface area contributed by atoms with Crippen LogP contribution in [0.5, 0.6) is 0 Å². The van der Waals surface area contributed by atoms with Gasteiger partial charge in [-0.15, -0.1) is 0 Å². The lowest BCUT2D eigenvalue weighted by atomic mass is 10.1. The molecular weight excluding hydrogens is 294 g/mol. The molecular formula is C13H11N3O6. The number of hydrogen-bond donors (Lipinski definition) is 1. The van der Waals surface area contributed by atoms with Crippen LogP contribution >= 0.6 is 0 Å². The lowest BCUT2D eigenvalue weighted by Crippen LogP contribution is -2.14. The van der Waals surface area contributed by atoms with Crippen molar-refractivity contribution in [1.82, 2.24) is 0 Å². The molecule has 0 atom stereocenters. The number of amides is 1. The number of nitro groups is 2. The quantitative estimate of drug-likeness (QED) is 0.682. The Morgan fingerprint density at radius 3 is 2.32 bits per heavy atom. The van der Waals surface area contributed by atoms with E-state index in [-0.39, 0.29) is 17.1 Å². The van der Waals surface area contributed by atoms with Crippen molar-refractivity contribution >= 4 is 23.2 Å². The zero-order valence-corrected chi connectivity index (χ0v) is 11.7. The van der Waals surface area contributed by atoms with Crippen LogP contribution in [0.4, 0.5) is 17.3 Å². The van der Waals surface area contributed by atoms with E-state index in [2.05, 4.69) is 5.32 Å². The molecule has 0 aliphatic heterocycles. The molecule has 1 heterocycles. The Bertz CT molecular complexity index is 780. The van der Waals surface area contributed by atoms with Crippen LogP contribution in [-0.4, -0.2) is 15.8 Å². The molecule has 1 N–H and O–H groups in total. The van der Waals surface area contributed by atoms with Gasteiger partial charge < -0.3 is 9.73 Å². The maximum Gasteiger partial charge on any atom is 0.433 e. The molecule has 2 aromatic rings. The van der Waals surface area contributed by atoms with Gasteiger partial charge in [0.2, 0.25) is 0 Å². The van der Waals surface area contributed by atoms with E-state index >= 15 is 0 Å². The summed E-state index contributed by atoms with van der Waals surface area (Å²) in [5.41, 5.74) is 1.06. The maximum atomic E-state index is 12.0. The number of carbonyl (C=O) groups excluding carboxylic acids is 1. The fraction of sp³-hybridized carbons (Fsp3) is 0.154. The summed E-state index contributed by atoms with van der Waals surface area (Å²) in [4.78, 5) is 32.2. The molecule has 22 heavy (non-hydrogen) atoms. The molecule has 0 aliphatic rings. The number of furan rings is 1. The third-order valence-electron chi connectivity index (χ3n) is 3.14. The van der Waals surface area contributed by atoms with Crippen LogP contribution in [0.15, 0.2) is 28.7 Å². The second-order valence-electron chi connectivity index (χ2n) is 4.51. The minimum Gasteiger partial charge on any atom is -0.395 e. The molecule has 114 valence electrons. The molecule has 0 bridgehead atoms. The molecule has 0 saturated carbocycles. The highest BCUT2D eigenvalue weighted by atomic mass is 16.6. The summed E-state index contributed by atoms with van der Waals surface area (Å²) >= 11 is 0. The molecule has 9 heteroatoms. The fourth-order valence-corrected chi connectivity index (χ4v) is 1.83. The lowest BCUT2D eigenvalue weighted by molar-refractivity contribution is -0.402. The van der Waals surface area contributed by atoms with Crippen LogP contribution in [0.3, 0.4) is 0 Å². The van der Waals surface area contributed by atoms with E-state index in [1.165, 1.54) is 6.07 Å². The highest BCUT2D eigenvalue weighted by molar-refractivity contribution is 6.04. The standard InChI is InChI=1S/C13H11N3O6/c1-7-3-4-9(15(18)19)12(8(7)2)14-13(17)10-5-6-11(22-10)16(20)21/h3-6H,1-2H3,(H,14,17). The number of anilines is 1. The summed E-state index contributed by atoms with van der Waals surface area (Å²) in [5.74, 6) is -1.69. The van der Waals surface area contributed by atoms with Crippen LogP contribution in [0.1, 0.15) is 21.7 Å². The Hall–Kier alpha value is -3.23. The first kappa shape index (κ1) is 15.2. The van der Waals surface area contributed by atoms with Crippen molar-refractivity contribution in [2.24, 2.45) is 0 Å². The number of rotatable bonds is 4. The molecule has 0 fully saturated rings. The Labute approximate surface area is 123 Å². The average molecular weight is 305 g/mol. The van der Waals surface area contributed by atoms with Gasteiger partial charge in [-0.25, -0.2) is 0 Å². The predicted octanol–water partition coefficient (Wildman–Crippen LogP) is 2.97. The molecule has 1 aromatic heterocycles. The van der Waals surface area contributed by atoms with Crippen molar-refractivity contribution in [3.05, 3.63) is 61.4 Å². The highest BCUT2D eigenvalue weighted by Gasteiger charge is 2.23. The van der Waals surface area contributed by atoms with Gasteiger partial charge in [-0.3, -0.25) is 25.0 Å². The van der Waals surface area contributed by atoms with E-state index in [4.69, 9.17) is 4.42 Å². The molecule has 0 radical (unpaired) electrons. The number of nitrogens with one attached hydrogen (secondary N) is 1. The Morgan fingerprint density at radius 1 is 1.09 bits per heavy atom. The van der Waals surface area contributed by atoms with Crippen LogP contribution in [-0.2, 0) is 0 Å². The van der Waals surface area contributed by atoms with Gasteiger partial charge >= 0.3 is 5.88 Å². The van der Waals surface area contributed by atoms with Gasteiger partial charge in [0.25, 0.3) is 11.6 Å². The number of carbonyl (C=O) groups is 1. The van der Waals surface area contributed by atoms with Crippen LogP contribution < -0.4 is 5.32 Å². The lowest BCUT2D eigenvalue weighted by Gasteiger charge is -2.09. The zero-order valence-electron chi connectivity index (χ0n) is 11.7. The average Bonchev–Trinajstić information content (AvgIpc) is 2.93. The van der Waals surface area contributed by atoms with Crippen molar-refractivity contribution in [3.8, 4) is 0 Å². The number of nitro benzene ring substituents is 1. The van der Waals surface area contributed by atoms with E-state index in [0.29, 0.717) is 5.56 Å². The molecule has 0 unspecified atom stereocenters. The summed E-state index contributed by atoms with van der Waals surface area (Å²) in [6, 6.07) is 5.01. The number of hydrogen-bond acceptors (Lipinski definition) is 6. The van der Waals surface area contributed by atoms with E-state index in [0.717, 1.165) is 17.7 Å². The maximum absolute atomic E-state index is 12.0. The van der Waals surface area contributed by atoms with Crippen molar-refractivity contribution in [2.45, 2.75) is 13.8 Å². The summed E-state index contributed by atoms with van der Waals surface area (Å²) in [6.07, 6.45) is 0. The second-order valence-corrected chi connectivity index (χ2v) is 4.51. The minimum atomic E-state index is -0.801. The predicted molar refractivity (Wildman–Crippen MR) is 75.9 cm³/mol. The second kappa shape index (κ2) is 5.64. The highest BCUT2D eigenvalue weighted by Crippen LogP contribution is 2.30. The Kier molecular flexibility index (Phi) is 3.89. The largest absolute Gasteiger partial charge is 0.433 e. The van der Waals surface area contributed by atoms with Crippen LogP contribution in [0.2, 0.25) is 0 Å². The zero-order chi connectivity index (χ0) is 16.4. The van der Waals surface area contributed by atoms with Crippen molar-refractivity contribution in [2.75, 3.05) is 5.32 Å². The first-order chi connectivity index (χ1) is 10.3. The van der Waals surface area contributed by atoms with E-state index < -0.39 is 21.6 Å². The number of benzene rings is 1. The molecule has 1 amide bonds. The summed E-state index contributed by atoms with van der Waals surface area (Å²) in [7, 11) is 0. The summed E-state index contributed by atoms with van der Waals surface area (Å²) in [5, 5.41) is 23.9. The van der Waals surface area contributed by atoms with Gasteiger partial charge in [-0.05, 0) is 31.0 Å². The smallest absolute Gasteiger partial charge is 0.395 e. The van der Waals surface area contributed by atoms with Gasteiger partial charge in [-0.1, -0.05) is 6.07 Å². The molecule has 0 spiro atoms. The molecule has 1 aromatic carbocycles. The Balaban J connectivity index is 2.37. The fourth-order valence-electron chi connectivity index (χ4n) is 1.83. The Morgan fingerprint density at radius 2 is 1.77 bits per heavy atom. The van der Waals surface area contributed by atoms with Gasteiger partial charge in [0, 0.05) is 6.07 Å². The van der Waals surface area contributed by atoms with E-state index in [1.807, 2.05) is 0 Å². The molecule has 9 nitrogen and oxygen atoms in total. The van der Waals surface area contributed by atoms with Crippen LogP contribution in [0.25, 0.3) is 0 Å². The van der Waals surface area contributed by atoms with Gasteiger partial charge in [0.1, 0.15) is 10.6 Å². The van der Waals surface area contributed by atoms with Crippen molar-refractivity contribution in [3.63, 3.8) is 0 Å². The molecule has 2 rings (SSSR count).